The van der Waals surface area contributed by atoms with Crippen molar-refractivity contribution in [2.24, 2.45) is 11.8 Å². The molecule has 0 aliphatic carbocycles. The summed E-state index contributed by atoms with van der Waals surface area (Å²) < 4.78 is 5.69. The van der Waals surface area contributed by atoms with Gasteiger partial charge < -0.3 is 9.63 Å². The summed E-state index contributed by atoms with van der Waals surface area (Å²) in [5, 5.41) is 15.7. The standard InChI is InChI=1S/C22H28N2O2/c1-15(2)12-24(13-16(3)4)14-19-20(25)11-10-18-21(23-26-22(18)19)17-8-6-5-7-9-17/h5-11,15-16,25H,12-14H2,1-4H3. The van der Waals surface area contributed by atoms with Crippen molar-refractivity contribution in [3.05, 3.63) is 48.0 Å². The minimum atomic E-state index is 0.269. The Kier molecular flexibility index (Phi) is 5.62. The van der Waals surface area contributed by atoms with E-state index in [1.807, 2.05) is 36.4 Å². The Hall–Kier alpha value is -2.33. The normalized spacial score (nSPS) is 12.0. The van der Waals surface area contributed by atoms with Crippen LogP contribution in [0.15, 0.2) is 47.0 Å². The number of hydrogen-bond donors (Lipinski definition) is 1. The fourth-order valence-corrected chi connectivity index (χ4v) is 3.47. The Bertz CT molecular complexity index is 843. The molecule has 0 amide bonds. The topological polar surface area (TPSA) is 49.5 Å². The van der Waals surface area contributed by atoms with E-state index in [0.29, 0.717) is 24.0 Å². The monoisotopic (exact) mass is 352 g/mol. The van der Waals surface area contributed by atoms with E-state index in [4.69, 9.17) is 4.52 Å². The number of phenols is 1. The molecule has 2 aromatic carbocycles. The summed E-state index contributed by atoms with van der Waals surface area (Å²) in [6, 6.07) is 13.7. The first-order valence-electron chi connectivity index (χ1n) is 9.33. The van der Waals surface area contributed by atoms with Crippen LogP contribution in [0.4, 0.5) is 0 Å². The third-order valence-corrected chi connectivity index (χ3v) is 4.39. The quantitative estimate of drug-likeness (QED) is 0.626. The fraction of sp³-hybridized carbons (Fsp3) is 0.409. The summed E-state index contributed by atoms with van der Waals surface area (Å²) in [6.07, 6.45) is 0. The van der Waals surface area contributed by atoms with E-state index in [2.05, 4.69) is 37.8 Å². The van der Waals surface area contributed by atoms with Crippen molar-refractivity contribution >= 4 is 11.0 Å². The van der Waals surface area contributed by atoms with E-state index in [-0.39, 0.29) is 5.75 Å². The molecule has 0 aliphatic heterocycles. The van der Waals surface area contributed by atoms with Gasteiger partial charge in [0.2, 0.25) is 0 Å². The van der Waals surface area contributed by atoms with E-state index in [0.717, 1.165) is 35.3 Å². The highest BCUT2D eigenvalue weighted by molar-refractivity contribution is 5.94. The van der Waals surface area contributed by atoms with Gasteiger partial charge in [-0.25, -0.2) is 0 Å². The Morgan fingerprint density at radius 2 is 1.62 bits per heavy atom. The highest BCUT2D eigenvalue weighted by atomic mass is 16.5. The summed E-state index contributed by atoms with van der Waals surface area (Å²) >= 11 is 0. The van der Waals surface area contributed by atoms with Gasteiger partial charge >= 0.3 is 0 Å². The molecule has 1 heterocycles. The fourth-order valence-electron chi connectivity index (χ4n) is 3.47. The molecular formula is C22H28N2O2. The molecule has 0 saturated carbocycles. The molecule has 0 spiro atoms. The van der Waals surface area contributed by atoms with Crippen LogP contribution in [-0.2, 0) is 6.54 Å². The number of nitrogens with zero attached hydrogens (tertiary/aromatic N) is 2. The first-order chi connectivity index (χ1) is 12.5. The molecule has 0 radical (unpaired) electrons. The second-order valence-corrected chi connectivity index (χ2v) is 7.82. The number of aromatic nitrogens is 1. The molecule has 3 aromatic rings. The van der Waals surface area contributed by atoms with Crippen molar-refractivity contribution in [1.29, 1.82) is 0 Å². The number of phenolic OH excluding ortho intramolecular Hbond substituents is 1. The molecule has 0 unspecified atom stereocenters. The van der Waals surface area contributed by atoms with Crippen molar-refractivity contribution in [3.8, 4) is 17.0 Å². The average Bonchev–Trinajstić information content (AvgIpc) is 3.01. The lowest BCUT2D eigenvalue weighted by Gasteiger charge is -2.26. The van der Waals surface area contributed by atoms with Crippen LogP contribution in [0.3, 0.4) is 0 Å². The van der Waals surface area contributed by atoms with Crippen molar-refractivity contribution in [3.63, 3.8) is 0 Å². The second kappa shape index (κ2) is 7.92. The largest absolute Gasteiger partial charge is 0.507 e. The molecule has 0 fully saturated rings. The molecule has 3 rings (SSSR count). The summed E-state index contributed by atoms with van der Waals surface area (Å²) in [4.78, 5) is 2.38. The zero-order chi connectivity index (χ0) is 18.7. The molecule has 1 aromatic heterocycles. The first-order valence-corrected chi connectivity index (χ1v) is 9.33. The Morgan fingerprint density at radius 3 is 2.23 bits per heavy atom. The molecule has 4 heteroatoms. The summed E-state index contributed by atoms with van der Waals surface area (Å²) in [6.45, 7) is 11.5. The Balaban J connectivity index is 2.00. The van der Waals surface area contributed by atoms with E-state index < -0.39 is 0 Å². The Labute approximate surface area is 155 Å². The van der Waals surface area contributed by atoms with Gasteiger partial charge in [0.1, 0.15) is 11.4 Å². The average molecular weight is 352 g/mol. The van der Waals surface area contributed by atoms with Gasteiger partial charge in [0.05, 0.1) is 10.9 Å². The van der Waals surface area contributed by atoms with Crippen molar-refractivity contribution < 1.29 is 9.63 Å². The van der Waals surface area contributed by atoms with Gasteiger partial charge in [-0.1, -0.05) is 63.2 Å². The lowest BCUT2D eigenvalue weighted by Crippen LogP contribution is -2.31. The first kappa shape index (κ1) is 18.5. The molecule has 0 aliphatic rings. The van der Waals surface area contributed by atoms with E-state index in [1.54, 1.807) is 6.07 Å². The van der Waals surface area contributed by atoms with Crippen LogP contribution in [0.2, 0.25) is 0 Å². The van der Waals surface area contributed by atoms with E-state index >= 15 is 0 Å². The number of benzene rings is 2. The summed E-state index contributed by atoms with van der Waals surface area (Å²) in [5.41, 5.74) is 3.34. The lowest BCUT2D eigenvalue weighted by molar-refractivity contribution is 0.209. The van der Waals surface area contributed by atoms with Crippen LogP contribution in [0.25, 0.3) is 22.2 Å². The van der Waals surface area contributed by atoms with Gasteiger partial charge in [-0.2, -0.15) is 0 Å². The van der Waals surface area contributed by atoms with Crippen molar-refractivity contribution in [1.82, 2.24) is 10.1 Å². The second-order valence-electron chi connectivity index (χ2n) is 7.82. The molecule has 0 saturated heterocycles. The predicted octanol–water partition coefficient (Wildman–Crippen LogP) is 5.31. The smallest absolute Gasteiger partial charge is 0.175 e. The Morgan fingerprint density at radius 1 is 0.962 bits per heavy atom. The van der Waals surface area contributed by atoms with Gasteiger partial charge in [0.25, 0.3) is 0 Å². The molecule has 0 atom stereocenters. The number of aromatic hydroxyl groups is 1. The van der Waals surface area contributed by atoms with Crippen LogP contribution in [0.5, 0.6) is 5.75 Å². The molecular weight excluding hydrogens is 324 g/mol. The third-order valence-electron chi connectivity index (χ3n) is 4.39. The molecule has 4 nitrogen and oxygen atoms in total. The summed E-state index contributed by atoms with van der Waals surface area (Å²) in [5.74, 6) is 1.39. The highest BCUT2D eigenvalue weighted by Crippen LogP contribution is 2.34. The number of rotatable bonds is 7. The van der Waals surface area contributed by atoms with Gasteiger partial charge in [0.15, 0.2) is 5.58 Å². The van der Waals surface area contributed by atoms with Crippen molar-refractivity contribution in [2.75, 3.05) is 13.1 Å². The van der Waals surface area contributed by atoms with Gasteiger partial charge in [-0.05, 0) is 24.0 Å². The maximum atomic E-state index is 10.5. The van der Waals surface area contributed by atoms with Crippen LogP contribution in [0, 0.1) is 11.8 Å². The summed E-state index contributed by atoms with van der Waals surface area (Å²) in [7, 11) is 0. The maximum Gasteiger partial charge on any atom is 0.175 e. The van der Waals surface area contributed by atoms with Crippen LogP contribution >= 0.6 is 0 Å². The zero-order valence-corrected chi connectivity index (χ0v) is 16.1. The van der Waals surface area contributed by atoms with Crippen LogP contribution < -0.4 is 0 Å². The molecule has 0 bridgehead atoms. The predicted molar refractivity (Wildman–Crippen MR) is 106 cm³/mol. The maximum absolute atomic E-state index is 10.5. The highest BCUT2D eigenvalue weighted by Gasteiger charge is 2.20. The lowest BCUT2D eigenvalue weighted by atomic mass is 10.0. The minimum Gasteiger partial charge on any atom is -0.507 e. The zero-order valence-electron chi connectivity index (χ0n) is 16.1. The SMILES string of the molecule is CC(C)CN(Cc1c(O)ccc2c(-c3ccccc3)noc12)CC(C)C. The van der Waals surface area contributed by atoms with Crippen LogP contribution in [0.1, 0.15) is 33.3 Å². The van der Waals surface area contributed by atoms with Gasteiger partial charge in [-0.15, -0.1) is 0 Å². The van der Waals surface area contributed by atoms with Gasteiger partial charge in [-0.3, -0.25) is 4.90 Å². The molecule has 1 N–H and O–H groups in total. The van der Waals surface area contributed by atoms with Crippen LogP contribution in [-0.4, -0.2) is 28.3 Å². The van der Waals surface area contributed by atoms with Gasteiger partial charge in [0, 0.05) is 25.2 Å². The van der Waals surface area contributed by atoms with Crippen molar-refractivity contribution in [2.45, 2.75) is 34.2 Å². The van der Waals surface area contributed by atoms with E-state index in [1.165, 1.54) is 0 Å². The molecule has 26 heavy (non-hydrogen) atoms. The minimum absolute atomic E-state index is 0.269. The van der Waals surface area contributed by atoms with E-state index in [9.17, 15) is 5.11 Å². The number of fused-ring (bicyclic) bond motifs is 1. The number of hydrogen-bond acceptors (Lipinski definition) is 4. The third kappa shape index (κ3) is 4.07. The molecule has 138 valence electrons.